The molecule has 1 aromatic carbocycles. The Morgan fingerprint density at radius 1 is 1.26 bits per heavy atom. The molecule has 120 valence electrons. The fourth-order valence-electron chi connectivity index (χ4n) is 2.59. The van der Waals surface area contributed by atoms with Gasteiger partial charge in [-0.15, -0.1) is 0 Å². The van der Waals surface area contributed by atoms with Crippen LogP contribution in [-0.4, -0.2) is 27.3 Å². The van der Waals surface area contributed by atoms with Crippen LogP contribution in [-0.2, 0) is 11.3 Å². The molecule has 2 heterocycles. The molecule has 0 bridgehead atoms. The lowest BCUT2D eigenvalue weighted by molar-refractivity contribution is 0.0520. The van der Waals surface area contributed by atoms with Crippen molar-refractivity contribution in [2.45, 2.75) is 33.2 Å². The molecule has 1 N–H and O–H groups in total. The van der Waals surface area contributed by atoms with Gasteiger partial charge < -0.3 is 9.72 Å². The Balaban J connectivity index is 1.87. The van der Waals surface area contributed by atoms with Crippen LogP contribution < -0.4 is 0 Å². The summed E-state index contributed by atoms with van der Waals surface area (Å²) in [5, 5.41) is 5.40. The summed E-state index contributed by atoms with van der Waals surface area (Å²) in [6, 6.07) is 7.92. The van der Waals surface area contributed by atoms with E-state index in [-0.39, 0.29) is 5.97 Å². The van der Waals surface area contributed by atoms with Crippen molar-refractivity contribution in [3.63, 3.8) is 0 Å². The first kappa shape index (κ1) is 15.3. The van der Waals surface area contributed by atoms with Gasteiger partial charge in [-0.1, -0.05) is 19.4 Å². The largest absolute Gasteiger partial charge is 0.461 e. The summed E-state index contributed by atoms with van der Waals surface area (Å²) in [6.07, 6.45) is 6.23. The summed E-state index contributed by atoms with van der Waals surface area (Å²) in [5.74, 6) is -0.322. The monoisotopic (exact) mass is 311 g/mol. The minimum Gasteiger partial charge on any atom is -0.461 e. The zero-order valence-corrected chi connectivity index (χ0v) is 13.5. The summed E-state index contributed by atoms with van der Waals surface area (Å²) in [7, 11) is 0. The second-order valence-electron chi connectivity index (χ2n) is 5.55. The van der Waals surface area contributed by atoms with Gasteiger partial charge in [0.05, 0.1) is 12.8 Å². The van der Waals surface area contributed by atoms with Crippen LogP contribution in [0, 0.1) is 0 Å². The number of hydrogen-bond acceptors (Lipinski definition) is 3. The van der Waals surface area contributed by atoms with Crippen molar-refractivity contribution in [1.29, 1.82) is 0 Å². The molecular formula is C18H21N3O2. The third kappa shape index (κ3) is 3.28. The van der Waals surface area contributed by atoms with Gasteiger partial charge in [0.25, 0.3) is 0 Å². The van der Waals surface area contributed by atoms with E-state index in [9.17, 15) is 4.79 Å². The van der Waals surface area contributed by atoms with Gasteiger partial charge in [-0.2, -0.15) is 5.10 Å². The lowest BCUT2D eigenvalue weighted by Crippen LogP contribution is -2.04. The number of nitrogens with one attached hydrogen (secondary N) is 1. The number of unbranched alkanes of at least 4 members (excludes halogenated alkanes) is 1. The molecule has 0 saturated carbocycles. The fourth-order valence-corrected chi connectivity index (χ4v) is 2.59. The maximum atomic E-state index is 11.8. The van der Waals surface area contributed by atoms with Crippen molar-refractivity contribution < 1.29 is 9.53 Å². The van der Waals surface area contributed by atoms with Crippen molar-refractivity contribution >= 4 is 16.9 Å². The molecular weight excluding hydrogens is 290 g/mol. The summed E-state index contributed by atoms with van der Waals surface area (Å²) >= 11 is 0. The zero-order valence-electron chi connectivity index (χ0n) is 13.5. The highest BCUT2D eigenvalue weighted by atomic mass is 16.5. The van der Waals surface area contributed by atoms with Crippen molar-refractivity contribution in [2.24, 2.45) is 0 Å². The number of aromatic nitrogens is 3. The number of benzene rings is 1. The van der Waals surface area contributed by atoms with E-state index >= 15 is 0 Å². The first-order valence-corrected chi connectivity index (χ1v) is 8.04. The third-order valence-corrected chi connectivity index (χ3v) is 3.82. The second kappa shape index (κ2) is 6.69. The Morgan fingerprint density at radius 2 is 2.13 bits per heavy atom. The molecule has 0 fully saturated rings. The van der Waals surface area contributed by atoms with Crippen LogP contribution in [0.15, 0.2) is 36.7 Å². The van der Waals surface area contributed by atoms with Gasteiger partial charge in [-0.05, 0) is 37.1 Å². The molecule has 0 aliphatic heterocycles. The molecule has 0 aliphatic rings. The fraction of sp³-hybridized carbons (Fsp3) is 0.333. The number of fused-ring (bicyclic) bond motifs is 1. The van der Waals surface area contributed by atoms with E-state index in [1.807, 2.05) is 29.1 Å². The Morgan fingerprint density at radius 3 is 2.91 bits per heavy atom. The number of H-pyrrole nitrogens is 1. The van der Waals surface area contributed by atoms with Gasteiger partial charge in [0, 0.05) is 29.2 Å². The normalized spacial score (nSPS) is 11.0. The van der Waals surface area contributed by atoms with Gasteiger partial charge >= 0.3 is 5.97 Å². The molecule has 0 atom stereocenters. The predicted molar refractivity (Wildman–Crippen MR) is 90.4 cm³/mol. The van der Waals surface area contributed by atoms with Crippen molar-refractivity contribution in [3.8, 4) is 11.1 Å². The summed E-state index contributed by atoms with van der Waals surface area (Å²) < 4.78 is 7.01. The molecule has 0 spiro atoms. The maximum Gasteiger partial charge on any atom is 0.354 e. The summed E-state index contributed by atoms with van der Waals surface area (Å²) in [4.78, 5) is 14.9. The number of aromatic amines is 1. The van der Waals surface area contributed by atoms with Gasteiger partial charge in [-0.25, -0.2) is 4.79 Å². The van der Waals surface area contributed by atoms with E-state index in [4.69, 9.17) is 4.74 Å². The van der Waals surface area contributed by atoms with E-state index in [1.54, 1.807) is 6.92 Å². The van der Waals surface area contributed by atoms with E-state index in [0.717, 1.165) is 41.4 Å². The highest BCUT2D eigenvalue weighted by Gasteiger charge is 2.11. The number of carbonyl (C=O) groups excluding carboxylic acids is 1. The highest BCUT2D eigenvalue weighted by molar-refractivity contribution is 5.96. The number of rotatable bonds is 6. The lowest BCUT2D eigenvalue weighted by atomic mass is 10.1. The summed E-state index contributed by atoms with van der Waals surface area (Å²) in [5.41, 5.74) is 3.59. The van der Waals surface area contributed by atoms with Crippen LogP contribution in [0.4, 0.5) is 0 Å². The molecule has 0 radical (unpaired) electrons. The standard InChI is InChI=1S/C18H21N3O2/c1-3-5-8-21-12-15(11-19-21)13-6-7-16-14(9-13)10-17(20-16)18(22)23-4-2/h6-7,9-12,20H,3-5,8H2,1-2H3. The molecule has 0 saturated heterocycles. The smallest absolute Gasteiger partial charge is 0.354 e. The molecule has 0 amide bonds. The zero-order chi connectivity index (χ0) is 16.2. The molecule has 2 aromatic heterocycles. The maximum absolute atomic E-state index is 11.8. The highest BCUT2D eigenvalue weighted by Crippen LogP contribution is 2.25. The average Bonchev–Trinajstić information content (AvgIpc) is 3.19. The quantitative estimate of drug-likeness (QED) is 0.700. The van der Waals surface area contributed by atoms with Crippen LogP contribution >= 0.6 is 0 Å². The van der Waals surface area contributed by atoms with Gasteiger partial charge in [0.15, 0.2) is 0 Å². The first-order valence-electron chi connectivity index (χ1n) is 8.04. The molecule has 0 unspecified atom stereocenters. The van der Waals surface area contributed by atoms with Crippen molar-refractivity contribution in [3.05, 3.63) is 42.4 Å². The Kier molecular flexibility index (Phi) is 4.46. The topological polar surface area (TPSA) is 59.9 Å². The molecule has 0 aliphatic carbocycles. The van der Waals surface area contributed by atoms with Crippen LogP contribution in [0.5, 0.6) is 0 Å². The van der Waals surface area contributed by atoms with E-state index in [2.05, 4.69) is 29.3 Å². The minimum absolute atomic E-state index is 0.322. The molecule has 3 aromatic rings. The average molecular weight is 311 g/mol. The van der Waals surface area contributed by atoms with Crippen molar-refractivity contribution in [1.82, 2.24) is 14.8 Å². The van der Waals surface area contributed by atoms with Gasteiger partial charge in [-0.3, -0.25) is 4.68 Å². The lowest BCUT2D eigenvalue weighted by Gasteiger charge is -1.99. The van der Waals surface area contributed by atoms with E-state index in [0.29, 0.717) is 12.3 Å². The van der Waals surface area contributed by atoms with Crippen LogP contribution in [0.3, 0.4) is 0 Å². The second-order valence-corrected chi connectivity index (χ2v) is 5.55. The molecule has 3 rings (SSSR count). The minimum atomic E-state index is -0.322. The predicted octanol–water partition coefficient (Wildman–Crippen LogP) is 4.01. The Bertz CT molecular complexity index is 817. The number of esters is 1. The van der Waals surface area contributed by atoms with Crippen LogP contribution in [0.2, 0.25) is 0 Å². The first-order chi connectivity index (χ1) is 11.2. The van der Waals surface area contributed by atoms with Gasteiger partial charge in [0.2, 0.25) is 0 Å². The summed E-state index contributed by atoms with van der Waals surface area (Å²) in [6.45, 7) is 5.28. The van der Waals surface area contributed by atoms with E-state index < -0.39 is 0 Å². The molecule has 23 heavy (non-hydrogen) atoms. The van der Waals surface area contributed by atoms with Crippen LogP contribution in [0.1, 0.15) is 37.2 Å². The van der Waals surface area contributed by atoms with E-state index in [1.165, 1.54) is 0 Å². The Labute approximate surface area is 135 Å². The van der Waals surface area contributed by atoms with Gasteiger partial charge in [0.1, 0.15) is 5.69 Å². The number of carbonyl (C=O) groups is 1. The molecule has 5 heteroatoms. The van der Waals surface area contributed by atoms with Crippen molar-refractivity contribution in [2.75, 3.05) is 6.61 Å². The van der Waals surface area contributed by atoms with Crippen LogP contribution in [0.25, 0.3) is 22.0 Å². The number of ether oxygens (including phenoxy) is 1. The number of nitrogens with zero attached hydrogens (tertiary/aromatic N) is 2. The SMILES string of the molecule is CCCCn1cc(-c2ccc3[nH]c(C(=O)OCC)cc3c2)cn1. The number of aryl methyl sites for hydroxylation is 1. The molecule has 5 nitrogen and oxygen atoms in total. The Hall–Kier alpha value is -2.56. The third-order valence-electron chi connectivity index (χ3n) is 3.82. The number of hydrogen-bond donors (Lipinski definition) is 1.